The average Bonchev–Trinajstić information content (AvgIpc) is 2.15. The van der Waals surface area contributed by atoms with Crippen LogP contribution in [-0.2, 0) is 16.3 Å². The highest BCUT2D eigenvalue weighted by Crippen LogP contribution is 2.27. The van der Waals surface area contributed by atoms with Crippen molar-refractivity contribution in [2.45, 2.75) is 26.7 Å². The van der Waals surface area contributed by atoms with Gasteiger partial charge in [0.25, 0.3) is 0 Å². The smallest absolute Gasteiger partial charge is 0.171 e. The van der Waals surface area contributed by atoms with E-state index >= 15 is 0 Å². The Morgan fingerprint density at radius 1 is 1.25 bits per heavy atom. The van der Waals surface area contributed by atoms with Gasteiger partial charge in [0.2, 0.25) is 0 Å². The van der Waals surface area contributed by atoms with Gasteiger partial charge in [0, 0.05) is 16.9 Å². The van der Waals surface area contributed by atoms with Gasteiger partial charge in [0.05, 0.1) is 5.69 Å². The predicted octanol–water partition coefficient (Wildman–Crippen LogP) is 2.03. The fourth-order valence-electron chi connectivity index (χ4n) is 2.10. The van der Waals surface area contributed by atoms with E-state index in [0.29, 0.717) is 11.3 Å². The molecule has 0 bridgehead atoms. The Kier molecular flexibility index (Phi) is 2.62. The molecule has 1 aliphatic carbocycles. The van der Waals surface area contributed by atoms with Gasteiger partial charge in [-0.3, -0.25) is 4.98 Å². The second-order valence-electron chi connectivity index (χ2n) is 4.33. The summed E-state index contributed by atoms with van der Waals surface area (Å²) < 4.78 is 22.9. The third-order valence-electron chi connectivity index (χ3n) is 2.90. The van der Waals surface area contributed by atoms with Crippen molar-refractivity contribution in [3.05, 3.63) is 33.5 Å². The van der Waals surface area contributed by atoms with E-state index in [9.17, 15) is 8.42 Å². The van der Waals surface area contributed by atoms with Gasteiger partial charge in [0.1, 0.15) is 0 Å². The Morgan fingerprint density at radius 3 is 2.56 bits per heavy atom. The zero-order valence-electron chi connectivity index (χ0n) is 9.74. The maximum atomic E-state index is 11.5. The molecule has 0 aromatic carbocycles. The van der Waals surface area contributed by atoms with Crippen molar-refractivity contribution in [1.29, 1.82) is 0 Å². The summed E-state index contributed by atoms with van der Waals surface area (Å²) in [4.78, 5) is 4.90. The first kappa shape index (κ1) is 11.3. The quantitative estimate of drug-likeness (QED) is 0.751. The SMILES string of the molecule is Cc1cc(C)c2c(n1)C=C(S(C)(=O)=O)CC2. The van der Waals surface area contributed by atoms with Crippen LogP contribution in [0.4, 0.5) is 0 Å². The lowest BCUT2D eigenvalue weighted by Gasteiger charge is -2.17. The van der Waals surface area contributed by atoms with Crippen LogP contribution < -0.4 is 0 Å². The number of pyridine rings is 1. The summed E-state index contributed by atoms with van der Waals surface area (Å²) in [5.41, 5.74) is 4.13. The fraction of sp³-hybridized carbons (Fsp3) is 0.417. The van der Waals surface area contributed by atoms with Gasteiger partial charge in [-0.05, 0) is 50.0 Å². The van der Waals surface area contributed by atoms with Crippen LogP contribution >= 0.6 is 0 Å². The van der Waals surface area contributed by atoms with Gasteiger partial charge < -0.3 is 0 Å². The maximum Gasteiger partial charge on any atom is 0.171 e. The van der Waals surface area contributed by atoms with Gasteiger partial charge in [0.15, 0.2) is 9.84 Å². The highest BCUT2D eigenvalue weighted by Gasteiger charge is 2.19. The molecule has 1 aliphatic rings. The van der Waals surface area contributed by atoms with Crippen molar-refractivity contribution >= 4 is 15.9 Å². The maximum absolute atomic E-state index is 11.5. The van der Waals surface area contributed by atoms with Crippen molar-refractivity contribution < 1.29 is 8.42 Å². The Morgan fingerprint density at radius 2 is 1.94 bits per heavy atom. The molecule has 0 radical (unpaired) electrons. The molecule has 2 rings (SSSR count). The van der Waals surface area contributed by atoms with E-state index in [1.807, 2.05) is 19.9 Å². The predicted molar refractivity (Wildman–Crippen MR) is 64.9 cm³/mol. The van der Waals surface area contributed by atoms with Crippen LogP contribution in [0.1, 0.15) is 28.9 Å². The molecule has 0 fully saturated rings. The molecular weight excluding hydrogens is 222 g/mol. The molecule has 1 heterocycles. The number of aryl methyl sites for hydroxylation is 2. The highest BCUT2D eigenvalue weighted by atomic mass is 32.2. The minimum Gasteiger partial charge on any atom is -0.253 e. The van der Waals surface area contributed by atoms with Crippen molar-refractivity contribution in [3.63, 3.8) is 0 Å². The monoisotopic (exact) mass is 237 g/mol. The highest BCUT2D eigenvalue weighted by molar-refractivity contribution is 7.94. The molecule has 0 spiro atoms. The van der Waals surface area contributed by atoms with Crippen LogP contribution in [0.2, 0.25) is 0 Å². The van der Waals surface area contributed by atoms with E-state index in [4.69, 9.17) is 0 Å². The average molecular weight is 237 g/mol. The second kappa shape index (κ2) is 3.70. The number of nitrogens with zero attached hydrogens (tertiary/aromatic N) is 1. The summed E-state index contributed by atoms with van der Waals surface area (Å²) in [6, 6.07) is 2.04. The molecule has 0 amide bonds. The van der Waals surface area contributed by atoms with E-state index in [2.05, 4.69) is 4.98 Å². The molecule has 4 heteroatoms. The summed E-state index contributed by atoms with van der Waals surface area (Å²) in [6.07, 6.45) is 4.34. The Hall–Kier alpha value is -1.16. The minimum atomic E-state index is -3.07. The van der Waals surface area contributed by atoms with Crippen LogP contribution in [0.5, 0.6) is 0 Å². The van der Waals surface area contributed by atoms with Gasteiger partial charge in [-0.1, -0.05) is 0 Å². The van der Waals surface area contributed by atoms with Crippen LogP contribution in [0.15, 0.2) is 11.0 Å². The van der Waals surface area contributed by atoms with Gasteiger partial charge >= 0.3 is 0 Å². The Balaban J connectivity index is 2.60. The number of allylic oxidation sites excluding steroid dienone is 1. The largest absolute Gasteiger partial charge is 0.253 e. The molecule has 0 atom stereocenters. The van der Waals surface area contributed by atoms with E-state index in [0.717, 1.165) is 17.8 Å². The Labute approximate surface area is 96.1 Å². The number of hydrogen-bond donors (Lipinski definition) is 0. The lowest BCUT2D eigenvalue weighted by molar-refractivity contribution is 0.605. The molecule has 0 aliphatic heterocycles. The van der Waals surface area contributed by atoms with Crippen LogP contribution in [0, 0.1) is 13.8 Å². The second-order valence-corrected chi connectivity index (χ2v) is 6.40. The number of rotatable bonds is 1. The standard InChI is InChI=1S/C12H15NO2S/c1-8-6-9(2)13-12-7-10(16(3,14)15)4-5-11(8)12/h6-7H,4-5H2,1-3H3. The van der Waals surface area contributed by atoms with Crippen LogP contribution in [0.25, 0.3) is 6.08 Å². The zero-order valence-corrected chi connectivity index (χ0v) is 10.6. The molecule has 3 nitrogen and oxygen atoms in total. The first-order valence-corrected chi connectivity index (χ1v) is 7.15. The third kappa shape index (κ3) is 2.02. The molecule has 0 saturated carbocycles. The summed E-state index contributed by atoms with van der Waals surface area (Å²) in [5, 5.41) is 0. The molecule has 0 saturated heterocycles. The van der Waals surface area contributed by atoms with E-state index in [-0.39, 0.29) is 0 Å². The fourth-order valence-corrected chi connectivity index (χ4v) is 2.90. The first-order chi connectivity index (χ1) is 7.38. The van der Waals surface area contributed by atoms with Crippen LogP contribution in [0.3, 0.4) is 0 Å². The van der Waals surface area contributed by atoms with Crippen molar-refractivity contribution in [2.24, 2.45) is 0 Å². The van der Waals surface area contributed by atoms with Gasteiger partial charge in [-0.2, -0.15) is 0 Å². The van der Waals surface area contributed by atoms with Gasteiger partial charge in [-0.25, -0.2) is 8.42 Å². The van der Waals surface area contributed by atoms with Crippen LogP contribution in [-0.4, -0.2) is 19.7 Å². The number of fused-ring (bicyclic) bond motifs is 1. The Bertz CT molecular complexity index is 571. The molecule has 1 aromatic rings. The molecular formula is C12H15NO2S. The van der Waals surface area contributed by atoms with Crippen molar-refractivity contribution in [2.75, 3.05) is 6.26 Å². The van der Waals surface area contributed by atoms with E-state index in [1.165, 1.54) is 17.4 Å². The first-order valence-electron chi connectivity index (χ1n) is 5.25. The summed E-state index contributed by atoms with van der Waals surface area (Å²) in [6.45, 7) is 3.97. The lowest BCUT2D eigenvalue weighted by Crippen LogP contribution is -2.10. The summed E-state index contributed by atoms with van der Waals surface area (Å²) in [5.74, 6) is 0. The molecule has 0 unspecified atom stereocenters. The topological polar surface area (TPSA) is 47.0 Å². The normalized spacial score (nSPS) is 15.6. The van der Waals surface area contributed by atoms with Crippen molar-refractivity contribution in [3.8, 4) is 0 Å². The summed E-state index contributed by atoms with van der Waals surface area (Å²) in [7, 11) is -3.07. The zero-order chi connectivity index (χ0) is 11.9. The third-order valence-corrected chi connectivity index (χ3v) is 4.18. The number of sulfone groups is 1. The van der Waals surface area contributed by atoms with E-state index < -0.39 is 9.84 Å². The molecule has 16 heavy (non-hydrogen) atoms. The molecule has 1 aromatic heterocycles. The minimum absolute atomic E-state index is 0.498. The van der Waals surface area contributed by atoms with E-state index in [1.54, 1.807) is 6.08 Å². The molecule has 0 N–H and O–H groups in total. The van der Waals surface area contributed by atoms with Crippen molar-refractivity contribution in [1.82, 2.24) is 4.98 Å². The molecule has 86 valence electrons. The number of hydrogen-bond acceptors (Lipinski definition) is 3. The lowest BCUT2D eigenvalue weighted by atomic mass is 9.97. The number of aromatic nitrogens is 1. The summed E-state index contributed by atoms with van der Waals surface area (Å²) >= 11 is 0. The van der Waals surface area contributed by atoms with Gasteiger partial charge in [-0.15, -0.1) is 0 Å².